The van der Waals surface area contributed by atoms with Crippen LogP contribution in [0.2, 0.25) is 0 Å². The van der Waals surface area contributed by atoms with Crippen LogP contribution in [-0.4, -0.2) is 25.3 Å². The average Bonchev–Trinajstić information content (AvgIpc) is 2.40. The number of hydrogen-bond donors (Lipinski definition) is 1. The third kappa shape index (κ3) is 3.84. The van der Waals surface area contributed by atoms with E-state index in [1.165, 1.54) is 20.3 Å². The molecular weight excluding hydrogens is 264 g/mol. The van der Waals surface area contributed by atoms with E-state index >= 15 is 0 Å². The summed E-state index contributed by atoms with van der Waals surface area (Å²) in [7, 11) is 2.76. The van der Waals surface area contributed by atoms with Gasteiger partial charge in [-0.1, -0.05) is 13.8 Å². The van der Waals surface area contributed by atoms with Gasteiger partial charge in [-0.2, -0.15) is 0 Å². The molecule has 0 saturated carbocycles. The van der Waals surface area contributed by atoms with Crippen LogP contribution in [-0.2, 0) is 20.9 Å². The highest BCUT2D eigenvalue weighted by atomic mass is 16.5. The Morgan fingerprint density at radius 2 is 2.05 bits per heavy atom. The fourth-order valence-electron chi connectivity index (χ4n) is 1.91. The molecule has 1 atom stereocenters. The van der Waals surface area contributed by atoms with Gasteiger partial charge in [-0.05, 0) is 5.92 Å². The van der Waals surface area contributed by atoms with E-state index in [1.807, 2.05) is 13.8 Å². The van der Waals surface area contributed by atoms with Crippen molar-refractivity contribution in [2.45, 2.75) is 32.8 Å². The summed E-state index contributed by atoms with van der Waals surface area (Å²) in [4.78, 5) is 23.2. The summed E-state index contributed by atoms with van der Waals surface area (Å²) >= 11 is 0. The van der Waals surface area contributed by atoms with Gasteiger partial charge >= 0.3 is 5.97 Å². The summed E-state index contributed by atoms with van der Waals surface area (Å²) in [6.45, 7) is 3.86. The smallest absolute Gasteiger partial charge is 0.306 e. The molecule has 1 rings (SSSR count). The Kier molecular flexibility index (Phi) is 5.76. The van der Waals surface area contributed by atoms with E-state index in [-0.39, 0.29) is 24.7 Å². The fourth-order valence-corrected chi connectivity index (χ4v) is 1.91. The predicted molar refractivity (Wildman–Crippen MR) is 71.6 cm³/mol. The molecule has 1 N–H and O–H groups in total. The van der Waals surface area contributed by atoms with Crippen LogP contribution in [0.3, 0.4) is 0 Å². The van der Waals surface area contributed by atoms with Gasteiger partial charge in [0.15, 0.2) is 5.76 Å². The maximum absolute atomic E-state index is 11.7. The van der Waals surface area contributed by atoms with Crippen molar-refractivity contribution in [1.29, 1.82) is 0 Å². The lowest BCUT2D eigenvalue weighted by Gasteiger charge is -2.20. The van der Waals surface area contributed by atoms with Gasteiger partial charge in [-0.3, -0.25) is 9.59 Å². The minimum absolute atomic E-state index is 0.0130. The molecule has 0 aliphatic heterocycles. The number of methoxy groups -OCH3 is 2. The molecule has 0 amide bonds. The average molecular weight is 284 g/mol. The maximum Gasteiger partial charge on any atom is 0.306 e. The highest BCUT2D eigenvalue weighted by Gasteiger charge is 2.27. The Labute approximate surface area is 117 Å². The standard InChI is InChI=1S/C14H20O6/c1-8(2)10(6-12(16)19-4)14-13(17)11(15)5-9(20-14)7-18-3/h5,8,10,17H,6-7H2,1-4H3/t10-/m1/s1. The van der Waals surface area contributed by atoms with E-state index in [0.717, 1.165) is 0 Å². The molecule has 0 saturated heterocycles. The molecule has 0 aliphatic rings. The second-order valence-electron chi connectivity index (χ2n) is 4.85. The van der Waals surface area contributed by atoms with Gasteiger partial charge in [0.25, 0.3) is 0 Å². The van der Waals surface area contributed by atoms with Gasteiger partial charge in [-0.15, -0.1) is 0 Å². The van der Waals surface area contributed by atoms with Crippen molar-refractivity contribution < 1.29 is 23.8 Å². The Bertz CT molecular complexity index is 517. The van der Waals surface area contributed by atoms with Crippen LogP contribution in [0.4, 0.5) is 0 Å². The summed E-state index contributed by atoms with van der Waals surface area (Å²) in [6.07, 6.45) is 0.0289. The third-order valence-corrected chi connectivity index (χ3v) is 3.04. The summed E-state index contributed by atoms with van der Waals surface area (Å²) < 4.78 is 15.1. The number of esters is 1. The van der Waals surface area contributed by atoms with Gasteiger partial charge in [0.1, 0.15) is 12.4 Å². The minimum atomic E-state index is -0.547. The fraction of sp³-hybridized carbons (Fsp3) is 0.571. The zero-order valence-corrected chi connectivity index (χ0v) is 12.1. The number of ether oxygens (including phenoxy) is 2. The molecule has 0 bridgehead atoms. The molecule has 0 aromatic carbocycles. The Morgan fingerprint density at radius 3 is 2.55 bits per heavy atom. The molecule has 0 fully saturated rings. The normalized spacial score (nSPS) is 12.4. The largest absolute Gasteiger partial charge is 0.502 e. The van der Waals surface area contributed by atoms with Crippen molar-refractivity contribution >= 4 is 5.97 Å². The van der Waals surface area contributed by atoms with E-state index in [4.69, 9.17) is 9.15 Å². The first-order valence-corrected chi connectivity index (χ1v) is 6.32. The zero-order valence-electron chi connectivity index (χ0n) is 12.1. The van der Waals surface area contributed by atoms with Gasteiger partial charge in [0, 0.05) is 19.1 Å². The Hall–Kier alpha value is -1.82. The van der Waals surface area contributed by atoms with Crippen molar-refractivity contribution in [2.75, 3.05) is 14.2 Å². The van der Waals surface area contributed by atoms with Crippen molar-refractivity contribution in [1.82, 2.24) is 0 Å². The summed E-state index contributed by atoms with van der Waals surface area (Å²) in [5.41, 5.74) is -0.547. The van der Waals surface area contributed by atoms with Crippen molar-refractivity contribution in [3.8, 4) is 5.75 Å². The molecule has 6 nitrogen and oxygen atoms in total. The summed E-state index contributed by atoms with van der Waals surface area (Å²) in [5.74, 6) is -0.936. The number of carbonyl (C=O) groups is 1. The number of hydrogen-bond acceptors (Lipinski definition) is 6. The molecule has 0 aliphatic carbocycles. The predicted octanol–water partition coefficient (Wildman–Crippen LogP) is 1.79. The van der Waals surface area contributed by atoms with Crippen LogP contribution in [0.1, 0.15) is 37.7 Å². The first kappa shape index (κ1) is 16.2. The van der Waals surface area contributed by atoms with Gasteiger partial charge in [-0.25, -0.2) is 0 Å². The second kappa shape index (κ2) is 7.09. The SMILES string of the molecule is COCc1cc(=O)c(O)c([C@H](CC(=O)OC)C(C)C)o1. The molecular formula is C14H20O6. The molecule has 112 valence electrons. The molecule has 0 radical (unpaired) electrons. The van der Waals surface area contributed by atoms with Crippen LogP contribution in [0.25, 0.3) is 0 Å². The highest BCUT2D eigenvalue weighted by Crippen LogP contribution is 2.33. The van der Waals surface area contributed by atoms with Crippen LogP contribution in [0, 0.1) is 5.92 Å². The van der Waals surface area contributed by atoms with Gasteiger partial charge in [0.05, 0.1) is 13.5 Å². The topological polar surface area (TPSA) is 86.0 Å². The van der Waals surface area contributed by atoms with E-state index in [2.05, 4.69) is 4.74 Å². The Balaban J connectivity index is 3.24. The first-order chi connectivity index (χ1) is 9.40. The van der Waals surface area contributed by atoms with E-state index < -0.39 is 23.1 Å². The van der Waals surface area contributed by atoms with Crippen molar-refractivity contribution in [3.63, 3.8) is 0 Å². The number of aromatic hydroxyl groups is 1. The molecule has 1 heterocycles. The summed E-state index contributed by atoms with van der Waals surface area (Å²) in [5, 5.41) is 9.90. The number of carbonyl (C=O) groups excluding carboxylic acids is 1. The first-order valence-electron chi connectivity index (χ1n) is 6.32. The molecule has 20 heavy (non-hydrogen) atoms. The number of rotatable bonds is 6. The zero-order chi connectivity index (χ0) is 15.3. The monoisotopic (exact) mass is 284 g/mol. The Morgan fingerprint density at radius 1 is 1.40 bits per heavy atom. The molecule has 1 aromatic rings. The lowest BCUT2D eigenvalue weighted by molar-refractivity contribution is -0.141. The third-order valence-electron chi connectivity index (χ3n) is 3.04. The van der Waals surface area contributed by atoms with E-state index in [0.29, 0.717) is 5.76 Å². The van der Waals surface area contributed by atoms with Crippen LogP contribution in [0.5, 0.6) is 5.75 Å². The van der Waals surface area contributed by atoms with Crippen molar-refractivity contribution in [3.05, 3.63) is 27.8 Å². The molecule has 0 unspecified atom stereocenters. The van der Waals surface area contributed by atoms with Crippen molar-refractivity contribution in [2.24, 2.45) is 5.92 Å². The van der Waals surface area contributed by atoms with E-state index in [1.54, 1.807) is 0 Å². The minimum Gasteiger partial charge on any atom is -0.502 e. The maximum atomic E-state index is 11.7. The van der Waals surface area contributed by atoms with Gasteiger partial charge < -0.3 is 19.0 Å². The van der Waals surface area contributed by atoms with Crippen LogP contribution < -0.4 is 5.43 Å². The second-order valence-corrected chi connectivity index (χ2v) is 4.85. The molecule has 6 heteroatoms. The summed E-state index contributed by atoms with van der Waals surface area (Å²) in [6, 6.07) is 1.18. The van der Waals surface area contributed by atoms with Gasteiger partial charge in [0.2, 0.25) is 11.2 Å². The van der Waals surface area contributed by atoms with Crippen LogP contribution in [0.15, 0.2) is 15.3 Å². The molecule has 1 aromatic heterocycles. The lowest BCUT2D eigenvalue weighted by atomic mass is 9.89. The molecule has 0 spiro atoms. The quantitative estimate of drug-likeness (QED) is 0.801. The highest BCUT2D eigenvalue weighted by molar-refractivity contribution is 5.70. The van der Waals surface area contributed by atoms with Crippen LogP contribution >= 0.6 is 0 Å². The lowest BCUT2D eigenvalue weighted by Crippen LogP contribution is -2.17. The van der Waals surface area contributed by atoms with E-state index in [9.17, 15) is 14.7 Å².